The average molecular weight is 193 g/mol. The quantitative estimate of drug-likeness (QED) is 0.733. The molecule has 1 aromatic heterocycles. The summed E-state index contributed by atoms with van der Waals surface area (Å²) in [5.74, 6) is 1.88. The molecule has 2 rings (SSSR count). The van der Waals surface area contributed by atoms with Crippen molar-refractivity contribution in [2.45, 2.75) is 32.7 Å². The molecule has 2 heteroatoms. The van der Waals surface area contributed by atoms with Crippen LogP contribution >= 0.6 is 0 Å². The monoisotopic (exact) mass is 193 g/mol. The fourth-order valence-corrected chi connectivity index (χ4v) is 2.32. The molecular formula is C12H19NO. The van der Waals surface area contributed by atoms with Crippen LogP contribution in [0, 0.1) is 5.92 Å². The molecule has 0 aliphatic carbocycles. The Labute approximate surface area is 85.9 Å². The molecule has 0 radical (unpaired) electrons. The Kier molecular flexibility index (Phi) is 2.92. The maximum atomic E-state index is 5.49. The third-order valence-electron chi connectivity index (χ3n) is 2.83. The van der Waals surface area contributed by atoms with Crippen molar-refractivity contribution in [1.29, 1.82) is 0 Å². The van der Waals surface area contributed by atoms with Crippen molar-refractivity contribution in [2.75, 3.05) is 13.1 Å². The highest BCUT2D eigenvalue weighted by atomic mass is 16.3. The van der Waals surface area contributed by atoms with E-state index in [1.165, 1.54) is 25.9 Å². The largest absolute Gasteiger partial charge is 0.468 e. The van der Waals surface area contributed by atoms with Gasteiger partial charge in [-0.2, -0.15) is 0 Å². The van der Waals surface area contributed by atoms with Gasteiger partial charge in [0.15, 0.2) is 0 Å². The number of furan rings is 1. The highest BCUT2D eigenvalue weighted by Crippen LogP contribution is 2.32. The summed E-state index contributed by atoms with van der Waals surface area (Å²) in [4.78, 5) is 2.55. The predicted molar refractivity (Wildman–Crippen MR) is 57.1 cm³/mol. The van der Waals surface area contributed by atoms with Gasteiger partial charge in [0.25, 0.3) is 0 Å². The van der Waals surface area contributed by atoms with Crippen LogP contribution in [0.3, 0.4) is 0 Å². The normalized spacial score (nSPS) is 23.5. The van der Waals surface area contributed by atoms with E-state index in [-0.39, 0.29) is 0 Å². The van der Waals surface area contributed by atoms with Gasteiger partial charge >= 0.3 is 0 Å². The van der Waals surface area contributed by atoms with Crippen molar-refractivity contribution in [1.82, 2.24) is 4.90 Å². The van der Waals surface area contributed by atoms with E-state index in [9.17, 15) is 0 Å². The maximum absolute atomic E-state index is 5.49. The smallest absolute Gasteiger partial charge is 0.120 e. The van der Waals surface area contributed by atoms with Crippen molar-refractivity contribution in [3.05, 3.63) is 24.2 Å². The second-order valence-corrected chi connectivity index (χ2v) is 4.56. The molecule has 1 aliphatic rings. The van der Waals surface area contributed by atoms with Gasteiger partial charge in [0.05, 0.1) is 12.3 Å². The van der Waals surface area contributed by atoms with E-state index in [1.807, 2.05) is 6.07 Å². The first-order valence-electron chi connectivity index (χ1n) is 5.55. The fourth-order valence-electron chi connectivity index (χ4n) is 2.32. The molecule has 1 fully saturated rings. The molecule has 0 spiro atoms. The lowest BCUT2D eigenvalue weighted by Crippen LogP contribution is -2.27. The summed E-state index contributed by atoms with van der Waals surface area (Å²) in [5.41, 5.74) is 0. The van der Waals surface area contributed by atoms with Crippen LogP contribution in [-0.2, 0) is 0 Å². The number of hydrogen-bond acceptors (Lipinski definition) is 2. The van der Waals surface area contributed by atoms with E-state index in [4.69, 9.17) is 4.42 Å². The molecule has 1 aromatic rings. The molecule has 0 unspecified atom stereocenters. The zero-order valence-electron chi connectivity index (χ0n) is 9.07. The van der Waals surface area contributed by atoms with Crippen molar-refractivity contribution < 1.29 is 4.42 Å². The Morgan fingerprint density at radius 1 is 1.57 bits per heavy atom. The summed E-state index contributed by atoms with van der Waals surface area (Å²) in [6, 6.07) is 4.62. The zero-order chi connectivity index (χ0) is 9.97. The van der Waals surface area contributed by atoms with Crippen molar-refractivity contribution in [3.8, 4) is 0 Å². The average Bonchev–Trinajstić information content (AvgIpc) is 2.70. The second kappa shape index (κ2) is 4.18. The lowest BCUT2D eigenvalue weighted by Gasteiger charge is -2.24. The van der Waals surface area contributed by atoms with Crippen LogP contribution in [0.5, 0.6) is 0 Å². The zero-order valence-corrected chi connectivity index (χ0v) is 9.07. The van der Waals surface area contributed by atoms with Crippen LogP contribution in [0.15, 0.2) is 22.8 Å². The number of rotatable bonds is 3. The number of likely N-dealkylation sites (tertiary alicyclic amines) is 1. The van der Waals surface area contributed by atoms with Crippen molar-refractivity contribution in [3.63, 3.8) is 0 Å². The fraction of sp³-hybridized carbons (Fsp3) is 0.667. The molecule has 0 amide bonds. The van der Waals surface area contributed by atoms with Crippen LogP contribution in [0.1, 0.15) is 38.5 Å². The van der Waals surface area contributed by atoms with Crippen LogP contribution in [0.25, 0.3) is 0 Å². The van der Waals surface area contributed by atoms with Crippen molar-refractivity contribution >= 4 is 0 Å². The van der Waals surface area contributed by atoms with Gasteiger partial charge in [-0.1, -0.05) is 13.8 Å². The lowest BCUT2D eigenvalue weighted by atomic mass is 10.1. The summed E-state index contributed by atoms with van der Waals surface area (Å²) in [6.07, 6.45) is 4.33. The molecule has 0 N–H and O–H groups in total. The Morgan fingerprint density at radius 3 is 3.07 bits per heavy atom. The van der Waals surface area contributed by atoms with Gasteiger partial charge < -0.3 is 4.42 Å². The topological polar surface area (TPSA) is 16.4 Å². The minimum Gasteiger partial charge on any atom is -0.468 e. The first-order valence-corrected chi connectivity index (χ1v) is 5.55. The van der Waals surface area contributed by atoms with Gasteiger partial charge in [-0.15, -0.1) is 0 Å². The van der Waals surface area contributed by atoms with E-state index < -0.39 is 0 Å². The van der Waals surface area contributed by atoms with E-state index in [0.717, 1.165) is 11.7 Å². The Hall–Kier alpha value is -0.760. The van der Waals surface area contributed by atoms with Crippen LogP contribution in [-0.4, -0.2) is 18.0 Å². The van der Waals surface area contributed by atoms with Crippen LogP contribution < -0.4 is 0 Å². The highest BCUT2D eigenvalue weighted by Gasteiger charge is 2.27. The van der Waals surface area contributed by atoms with Gasteiger partial charge in [-0.3, -0.25) is 4.90 Å². The van der Waals surface area contributed by atoms with Gasteiger partial charge in [0, 0.05) is 6.54 Å². The Balaban J connectivity index is 2.04. The SMILES string of the molecule is CC(C)CN1CCC[C@@H]1c1ccco1. The minimum atomic E-state index is 0.535. The van der Waals surface area contributed by atoms with Gasteiger partial charge in [-0.25, -0.2) is 0 Å². The summed E-state index contributed by atoms with van der Waals surface area (Å²) in [7, 11) is 0. The third-order valence-corrected chi connectivity index (χ3v) is 2.83. The second-order valence-electron chi connectivity index (χ2n) is 4.56. The molecule has 2 heterocycles. The molecule has 1 saturated heterocycles. The molecule has 0 bridgehead atoms. The predicted octanol–water partition coefficient (Wildman–Crippen LogP) is 3.07. The minimum absolute atomic E-state index is 0.535. The van der Waals surface area contributed by atoms with Gasteiger partial charge in [0.2, 0.25) is 0 Å². The molecule has 2 nitrogen and oxygen atoms in total. The lowest BCUT2D eigenvalue weighted by molar-refractivity contribution is 0.206. The van der Waals surface area contributed by atoms with Crippen LogP contribution in [0.4, 0.5) is 0 Å². The number of hydrogen-bond donors (Lipinski definition) is 0. The molecule has 1 atom stereocenters. The summed E-state index contributed by atoms with van der Waals surface area (Å²) in [5, 5.41) is 0. The molecule has 14 heavy (non-hydrogen) atoms. The maximum Gasteiger partial charge on any atom is 0.120 e. The third kappa shape index (κ3) is 2.01. The summed E-state index contributed by atoms with van der Waals surface area (Å²) in [6.45, 7) is 6.96. The molecule has 0 aromatic carbocycles. The van der Waals surface area contributed by atoms with Crippen LogP contribution in [0.2, 0.25) is 0 Å². The Morgan fingerprint density at radius 2 is 2.43 bits per heavy atom. The first kappa shape index (κ1) is 9.78. The number of nitrogens with zero attached hydrogens (tertiary/aromatic N) is 1. The summed E-state index contributed by atoms with van der Waals surface area (Å²) < 4.78 is 5.49. The standard InChI is InChI=1S/C12H19NO/c1-10(2)9-13-7-3-5-11(13)12-6-4-8-14-12/h4,6,8,10-11H,3,5,7,9H2,1-2H3/t11-/m1/s1. The first-order chi connectivity index (χ1) is 6.77. The van der Waals surface area contributed by atoms with Crippen molar-refractivity contribution in [2.24, 2.45) is 5.92 Å². The molecule has 78 valence electrons. The Bertz CT molecular complexity index is 266. The molecule has 0 saturated carbocycles. The van der Waals surface area contributed by atoms with Gasteiger partial charge in [0.1, 0.15) is 5.76 Å². The molecule has 1 aliphatic heterocycles. The van der Waals surface area contributed by atoms with Gasteiger partial charge in [-0.05, 0) is 37.4 Å². The van der Waals surface area contributed by atoms with E-state index in [1.54, 1.807) is 6.26 Å². The van der Waals surface area contributed by atoms with E-state index in [2.05, 4.69) is 24.8 Å². The molecular weight excluding hydrogens is 174 g/mol. The summed E-state index contributed by atoms with van der Waals surface area (Å²) >= 11 is 0. The van der Waals surface area contributed by atoms with E-state index in [0.29, 0.717) is 6.04 Å². The van der Waals surface area contributed by atoms with E-state index >= 15 is 0 Å². The highest BCUT2D eigenvalue weighted by molar-refractivity contribution is 5.06.